The van der Waals surface area contributed by atoms with E-state index in [1.165, 1.54) is 4.90 Å². The van der Waals surface area contributed by atoms with Crippen molar-refractivity contribution in [1.82, 2.24) is 14.8 Å². The molecule has 3 heterocycles. The van der Waals surface area contributed by atoms with Crippen molar-refractivity contribution >= 4 is 28.3 Å². The number of aromatic nitrogens is 1. The Balaban J connectivity index is 1.14. The van der Waals surface area contributed by atoms with Crippen molar-refractivity contribution in [2.45, 2.75) is 26.5 Å². The van der Waals surface area contributed by atoms with Crippen molar-refractivity contribution in [3.8, 4) is 5.75 Å². The van der Waals surface area contributed by atoms with Crippen LogP contribution in [0.1, 0.15) is 45.4 Å². The lowest BCUT2D eigenvalue weighted by Crippen LogP contribution is -2.46. The average molecular weight is 521 g/mol. The Morgan fingerprint density at radius 2 is 1.49 bits per heavy atom. The van der Waals surface area contributed by atoms with Gasteiger partial charge in [0.1, 0.15) is 12.4 Å². The summed E-state index contributed by atoms with van der Waals surface area (Å²) in [7, 11) is 0. The second-order valence-electron chi connectivity index (χ2n) is 10.1. The number of imide groups is 1. The van der Waals surface area contributed by atoms with E-state index >= 15 is 0 Å². The van der Waals surface area contributed by atoms with Gasteiger partial charge in [-0.05, 0) is 48.9 Å². The molecule has 6 rings (SSSR count). The van der Waals surface area contributed by atoms with E-state index in [1.807, 2.05) is 79.7 Å². The van der Waals surface area contributed by atoms with Crippen LogP contribution in [0, 0.1) is 0 Å². The second kappa shape index (κ2) is 10.9. The van der Waals surface area contributed by atoms with Crippen LogP contribution < -0.4 is 9.64 Å². The summed E-state index contributed by atoms with van der Waals surface area (Å²) in [6, 6.07) is 25.7. The first-order valence-corrected chi connectivity index (χ1v) is 13.6. The van der Waals surface area contributed by atoms with Gasteiger partial charge in [0.15, 0.2) is 0 Å². The SMILES string of the molecule is CCCN1C(=O)c2cccc3c(N4CCN(Cc5cccc(COc6ccccc6)n5)CC4)ccc(c23)C1=O. The van der Waals surface area contributed by atoms with Crippen LogP contribution in [0.4, 0.5) is 5.69 Å². The predicted octanol–water partition coefficient (Wildman–Crippen LogP) is 5.14. The van der Waals surface area contributed by atoms with E-state index < -0.39 is 0 Å². The monoisotopic (exact) mass is 520 g/mol. The number of ether oxygens (including phenoxy) is 1. The molecule has 3 aromatic carbocycles. The number of amides is 2. The van der Waals surface area contributed by atoms with Gasteiger partial charge in [0.25, 0.3) is 11.8 Å². The molecule has 1 saturated heterocycles. The van der Waals surface area contributed by atoms with Crippen molar-refractivity contribution in [1.29, 1.82) is 0 Å². The van der Waals surface area contributed by atoms with Crippen LogP contribution in [-0.4, -0.2) is 59.3 Å². The molecular formula is C32H32N4O3. The summed E-state index contributed by atoms with van der Waals surface area (Å²) in [4.78, 5) is 37.2. The highest BCUT2D eigenvalue weighted by Crippen LogP contribution is 2.36. The zero-order valence-corrected chi connectivity index (χ0v) is 22.2. The Bertz CT molecular complexity index is 1490. The molecule has 0 unspecified atom stereocenters. The molecule has 1 aromatic heterocycles. The van der Waals surface area contributed by atoms with Crippen LogP contribution in [0.25, 0.3) is 10.8 Å². The van der Waals surface area contributed by atoms with E-state index in [0.29, 0.717) is 24.3 Å². The zero-order chi connectivity index (χ0) is 26.8. The Labute approximate surface area is 228 Å². The quantitative estimate of drug-likeness (QED) is 0.300. The lowest BCUT2D eigenvalue weighted by atomic mass is 9.92. The van der Waals surface area contributed by atoms with E-state index in [2.05, 4.69) is 15.9 Å². The molecule has 2 aliphatic rings. The summed E-state index contributed by atoms with van der Waals surface area (Å²) in [6.45, 7) is 7.17. The van der Waals surface area contributed by atoms with Crippen LogP contribution in [-0.2, 0) is 13.2 Å². The Hall–Kier alpha value is -4.23. The second-order valence-corrected chi connectivity index (χ2v) is 10.1. The van der Waals surface area contributed by atoms with Crippen molar-refractivity contribution in [2.24, 2.45) is 0 Å². The van der Waals surface area contributed by atoms with Crippen LogP contribution in [0.5, 0.6) is 5.75 Å². The molecule has 0 N–H and O–H groups in total. The van der Waals surface area contributed by atoms with Crippen LogP contribution >= 0.6 is 0 Å². The first-order chi connectivity index (χ1) is 19.1. The number of benzene rings is 3. The highest BCUT2D eigenvalue weighted by Gasteiger charge is 2.33. The molecule has 0 aliphatic carbocycles. The maximum absolute atomic E-state index is 13.1. The molecule has 0 bridgehead atoms. The van der Waals surface area contributed by atoms with Gasteiger partial charge in [-0.1, -0.05) is 43.3 Å². The van der Waals surface area contributed by atoms with Gasteiger partial charge in [0, 0.05) is 66.9 Å². The Kier molecular flexibility index (Phi) is 6.99. The minimum atomic E-state index is -0.189. The van der Waals surface area contributed by atoms with Crippen molar-refractivity contribution in [2.75, 3.05) is 37.6 Å². The normalized spacial score (nSPS) is 15.7. The molecule has 39 heavy (non-hydrogen) atoms. The third-order valence-corrected chi connectivity index (χ3v) is 7.51. The molecular weight excluding hydrogens is 488 g/mol. The summed E-state index contributed by atoms with van der Waals surface area (Å²) in [5.74, 6) is 0.461. The first-order valence-electron chi connectivity index (χ1n) is 13.6. The average Bonchev–Trinajstić information content (AvgIpc) is 2.98. The summed E-state index contributed by atoms with van der Waals surface area (Å²) in [6.07, 6.45) is 0.742. The largest absolute Gasteiger partial charge is 0.487 e. The van der Waals surface area contributed by atoms with Gasteiger partial charge in [-0.2, -0.15) is 0 Å². The van der Waals surface area contributed by atoms with Gasteiger partial charge < -0.3 is 9.64 Å². The number of carbonyl (C=O) groups is 2. The molecule has 2 amide bonds. The lowest BCUT2D eigenvalue weighted by Gasteiger charge is -2.37. The van der Waals surface area contributed by atoms with Gasteiger partial charge in [0.2, 0.25) is 0 Å². The Morgan fingerprint density at radius 3 is 2.26 bits per heavy atom. The molecule has 0 saturated carbocycles. The molecule has 0 atom stereocenters. The number of piperazine rings is 1. The maximum Gasteiger partial charge on any atom is 0.261 e. The van der Waals surface area contributed by atoms with E-state index in [-0.39, 0.29) is 11.8 Å². The smallest absolute Gasteiger partial charge is 0.261 e. The number of anilines is 1. The molecule has 2 aliphatic heterocycles. The first kappa shape index (κ1) is 25.1. The van der Waals surface area contributed by atoms with E-state index in [9.17, 15) is 9.59 Å². The lowest BCUT2D eigenvalue weighted by molar-refractivity contribution is 0.0610. The predicted molar refractivity (Wildman–Crippen MR) is 152 cm³/mol. The minimum Gasteiger partial charge on any atom is -0.487 e. The van der Waals surface area contributed by atoms with Crippen LogP contribution in [0.3, 0.4) is 0 Å². The number of hydrogen-bond acceptors (Lipinski definition) is 6. The summed E-state index contributed by atoms with van der Waals surface area (Å²) >= 11 is 0. The molecule has 0 spiro atoms. The number of nitrogens with zero attached hydrogens (tertiary/aromatic N) is 4. The highest BCUT2D eigenvalue weighted by molar-refractivity contribution is 6.26. The maximum atomic E-state index is 13.1. The van der Waals surface area contributed by atoms with Gasteiger partial charge in [-0.25, -0.2) is 0 Å². The number of pyridine rings is 1. The molecule has 1 fully saturated rings. The van der Waals surface area contributed by atoms with Gasteiger partial charge in [0.05, 0.1) is 11.4 Å². The third kappa shape index (κ3) is 4.98. The summed E-state index contributed by atoms with van der Waals surface area (Å²) in [5.41, 5.74) is 4.28. The highest BCUT2D eigenvalue weighted by atomic mass is 16.5. The number of rotatable bonds is 8. The molecule has 198 valence electrons. The van der Waals surface area contributed by atoms with Crippen LogP contribution in [0.15, 0.2) is 78.9 Å². The number of para-hydroxylation sites is 1. The van der Waals surface area contributed by atoms with Gasteiger partial charge in [-0.15, -0.1) is 0 Å². The van der Waals surface area contributed by atoms with Crippen molar-refractivity contribution in [3.05, 3.63) is 101 Å². The summed E-state index contributed by atoms with van der Waals surface area (Å²) in [5, 5.41) is 1.77. The van der Waals surface area contributed by atoms with E-state index in [4.69, 9.17) is 9.72 Å². The minimum absolute atomic E-state index is 0.189. The number of hydrogen-bond donors (Lipinski definition) is 0. The van der Waals surface area contributed by atoms with E-state index in [1.54, 1.807) is 0 Å². The molecule has 7 nitrogen and oxygen atoms in total. The number of carbonyl (C=O) groups excluding carboxylic acids is 2. The van der Waals surface area contributed by atoms with E-state index in [0.717, 1.165) is 72.7 Å². The van der Waals surface area contributed by atoms with Crippen LogP contribution in [0.2, 0.25) is 0 Å². The third-order valence-electron chi connectivity index (χ3n) is 7.51. The Morgan fingerprint density at radius 1 is 0.769 bits per heavy atom. The van der Waals surface area contributed by atoms with Crippen molar-refractivity contribution in [3.63, 3.8) is 0 Å². The zero-order valence-electron chi connectivity index (χ0n) is 22.2. The standard InChI is InChI=1S/C32H32N4O3/c1-2-16-36-31(37)27-13-7-12-26-29(15-14-28(30(26)27)32(36)38)35-19-17-34(18-20-35)21-23-8-6-9-24(33-23)22-39-25-10-4-3-5-11-25/h3-15H,2,16-22H2,1H3. The van der Waals surface area contributed by atoms with Gasteiger partial charge in [-0.3, -0.25) is 24.4 Å². The fourth-order valence-electron chi connectivity index (χ4n) is 5.58. The molecule has 4 aromatic rings. The fraction of sp³-hybridized carbons (Fsp3) is 0.281. The van der Waals surface area contributed by atoms with Gasteiger partial charge >= 0.3 is 0 Å². The fourth-order valence-corrected chi connectivity index (χ4v) is 5.58. The van der Waals surface area contributed by atoms with Crippen molar-refractivity contribution < 1.29 is 14.3 Å². The molecule has 0 radical (unpaired) electrons. The molecule has 7 heteroatoms. The summed E-state index contributed by atoms with van der Waals surface area (Å²) < 4.78 is 5.87. The topological polar surface area (TPSA) is 66.0 Å².